The first-order chi connectivity index (χ1) is 6.20. The first-order valence-electron chi connectivity index (χ1n) is 3.80. The number of carbonyl (C=O) groups is 1. The fourth-order valence-electron chi connectivity index (χ4n) is 1.06. The Balaban J connectivity index is 3.13. The van der Waals surface area contributed by atoms with Crippen molar-refractivity contribution >= 4 is 6.29 Å². The van der Waals surface area contributed by atoms with E-state index >= 15 is 0 Å². The molecule has 4 heteroatoms. The van der Waals surface area contributed by atoms with Crippen LogP contribution in [0.15, 0.2) is 18.2 Å². The predicted octanol–water partition coefficient (Wildman–Crippen LogP) is 1.21. The van der Waals surface area contributed by atoms with E-state index in [1.165, 1.54) is 12.1 Å². The van der Waals surface area contributed by atoms with Gasteiger partial charge in [-0.1, -0.05) is 12.1 Å². The van der Waals surface area contributed by atoms with E-state index in [0.717, 1.165) is 6.07 Å². The number of halogens is 2. The van der Waals surface area contributed by atoms with Gasteiger partial charge in [0, 0.05) is 12.1 Å². The molecule has 0 fully saturated rings. The Hall–Kier alpha value is -1.29. The third-order valence-electron chi connectivity index (χ3n) is 1.80. The Morgan fingerprint density at radius 3 is 2.69 bits per heavy atom. The Kier molecular flexibility index (Phi) is 3.08. The Morgan fingerprint density at radius 2 is 2.15 bits per heavy atom. The molecule has 0 radical (unpaired) electrons. The quantitative estimate of drug-likeness (QED) is 0.719. The van der Waals surface area contributed by atoms with E-state index in [2.05, 4.69) is 0 Å². The highest BCUT2D eigenvalue weighted by Gasteiger charge is 2.15. The predicted molar refractivity (Wildman–Crippen MR) is 44.2 cm³/mol. The summed E-state index contributed by atoms with van der Waals surface area (Å²) in [5.74, 6) is -2.72. The van der Waals surface area contributed by atoms with Crippen molar-refractivity contribution in [2.24, 2.45) is 5.73 Å². The van der Waals surface area contributed by atoms with Gasteiger partial charge >= 0.3 is 0 Å². The van der Waals surface area contributed by atoms with Crippen LogP contribution in [0.1, 0.15) is 11.5 Å². The van der Waals surface area contributed by atoms with E-state index in [9.17, 15) is 13.6 Å². The van der Waals surface area contributed by atoms with Crippen LogP contribution in [0.25, 0.3) is 0 Å². The molecule has 2 N–H and O–H groups in total. The fourth-order valence-corrected chi connectivity index (χ4v) is 1.06. The normalized spacial score (nSPS) is 12.5. The van der Waals surface area contributed by atoms with Crippen LogP contribution in [-0.2, 0) is 4.79 Å². The Bertz CT molecular complexity index is 314. The highest BCUT2D eigenvalue weighted by Crippen LogP contribution is 2.18. The summed E-state index contributed by atoms with van der Waals surface area (Å²) in [6, 6.07) is 3.70. The maximum absolute atomic E-state index is 13.0. The molecular weight excluding hydrogens is 176 g/mol. The lowest BCUT2D eigenvalue weighted by Gasteiger charge is -2.08. The molecule has 0 amide bonds. The molecule has 0 aliphatic heterocycles. The molecule has 0 saturated heterocycles. The van der Waals surface area contributed by atoms with E-state index in [1.54, 1.807) is 0 Å². The highest BCUT2D eigenvalue weighted by molar-refractivity contribution is 5.62. The van der Waals surface area contributed by atoms with Crippen LogP contribution in [0.3, 0.4) is 0 Å². The number of carbonyl (C=O) groups excluding carboxylic acids is 1. The highest BCUT2D eigenvalue weighted by atomic mass is 19.2. The zero-order chi connectivity index (χ0) is 9.84. The second kappa shape index (κ2) is 4.09. The fraction of sp³-hybridized carbons (Fsp3) is 0.222. The van der Waals surface area contributed by atoms with Crippen molar-refractivity contribution in [1.82, 2.24) is 0 Å². The van der Waals surface area contributed by atoms with Crippen LogP contribution >= 0.6 is 0 Å². The van der Waals surface area contributed by atoms with Gasteiger partial charge in [0.25, 0.3) is 0 Å². The van der Waals surface area contributed by atoms with Crippen molar-refractivity contribution in [3.05, 3.63) is 35.4 Å². The lowest BCUT2D eigenvalue weighted by atomic mass is 10.0. The van der Waals surface area contributed by atoms with Gasteiger partial charge in [-0.15, -0.1) is 0 Å². The molecule has 0 heterocycles. The van der Waals surface area contributed by atoms with Gasteiger partial charge in [-0.2, -0.15) is 0 Å². The minimum Gasteiger partial charge on any atom is -0.329 e. The molecular formula is C9H9F2NO. The van der Waals surface area contributed by atoms with Crippen LogP contribution in [0, 0.1) is 11.6 Å². The molecule has 1 unspecified atom stereocenters. The standard InChI is InChI=1S/C9H9F2NO/c10-8-3-1-2-7(9(8)11)6(4-12)5-13/h1-3,5-6H,4,12H2. The van der Waals surface area contributed by atoms with E-state index < -0.39 is 17.6 Å². The second-order valence-corrected chi connectivity index (χ2v) is 2.62. The molecule has 13 heavy (non-hydrogen) atoms. The number of hydrogen-bond acceptors (Lipinski definition) is 2. The van der Waals surface area contributed by atoms with Crippen LogP contribution in [0.5, 0.6) is 0 Å². The first-order valence-corrected chi connectivity index (χ1v) is 3.80. The van der Waals surface area contributed by atoms with Crippen LogP contribution in [-0.4, -0.2) is 12.8 Å². The molecule has 0 aromatic heterocycles. The lowest BCUT2D eigenvalue weighted by molar-refractivity contribution is -0.108. The molecule has 2 nitrogen and oxygen atoms in total. The minimum atomic E-state index is -0.995. The Morgan fingerprint density at radius 1 is 1.46 bits per heavy atom. The van der Waals surface area contributed by atoms with Gasteiger partial charge in [-0.25, -0.2) is 8.78 Å². The Labute approximate surface area is 74.4 Å². The molecule has 0 bridgehead atoms. The lowest BCUT2D eigenvalue weighted by Crippen LogP contribution is -2.15. The second-order valence-electron chi connectivity index (χ2n) is 2.62. The van der Waals surface area contributed by atoms with Crippen molar-refractivity contribution in [3.63, 3.8) is 0 Å². The summed E-state index contributed by atoms with van der Waals surface area (Å²) in [6.45, 7) is -0.0239. The number of benzene rings is 1. The molecule has 1 rings (SSSR count). The van der Waals surface area contributed by atoms with Crippen molar-refractivity contribution in [2.45, 2.75) is 5.92 Å². The average Bonchev–Trinajstić information content (AvgIpc) is 2.14. The molecule has 1 aromatic carbocycles. The zero-order valence-electron chi connectivity index (χ0n) is 6.84. The van der Waals surface area contributed by atoms with Gasteiger partial charge < -0.3 is 10.5 Å². The summed E-state index contributed by atoms with van der Waals surface area (Å²) in [5, 5.41) is 0. The average molecular weight is 185 g/mol. The van der Waals surface area contributed by atoms with Gasteiger partial charge in [0.1, 0.15) is 6.29 Å². The van der Waals surface area contributed by atoms with Gasteiger partial charge in [0.15, 0.2) is 11.6 Å². The maximum Gasteiger partial charge on any atom is 0.162 e. The molecule has 0 spiro atoms. The van der Waals surface area contributed by atoms with E-state index in [4.69, 9.17) is 5.73 Å². The van der Waals surface area contributed by atoms with Gasteiger partial charge in [-0.05, 0) is 6.07 Å². The minimum absolute atomic E-state index is 0.0116. The molecule has 0 aliphatic carbocycles. The monoisotopic (exact) mass is 185 g/mol. The summed E-state index contributed by atoms with van der Waals surface area (Å²) in [4.78, 5) is 10.4. The smallest absolute Gasteiger partial charge is 0.162 e. The summed E-state index contributed by atoms with van der Waals surface area (Å²) in [7, 11) is 0. The molecule has 1 atom stereocenters. The number of nitrogens with two attached hydrogens (primary N) is 1. The molecule has 0 saturated carbocycles. The van der Waals surface area contributed by atoms with Crippen LogP contribution in [0.4, 0.5) is 8.78 Å². The summed E-state index contributed by atoms with van der Waals surface area (Å²) in [5.41, 5.74) is 5.23. The number of rotatable bonds is 3. The number of aldehydes is 1. The SMILES string of the molecule is NCC(C=O)c1cccc(F)c1F. The summed E-state index contributed by atoms with van der Waals surface area (Å²) >= 11 is 0. The zero-order valence-corrected chi connectivity index (χ0v) is 6.84. The largest absolute Gasteiger partial charge is 0.329 e. The molecule has 0 aliphatic rings. The van der Waals surface area contributed by atoms with Crippen molar-refractivity contribution < 1.29 is 13.6 Å². The third-order valence-corrected chi connectivity index (χ3v) is 1.80. The third kappa shape index (κ3) is 1.89. The van der Waals surface area contributed by atoms with E-state index in [-0.39, 0.29) is 12.1 Å². The van der Waals surface area contributed by atoms with Gasteiger partial charge in [0.2, 0.25) is 0 Å². The van der Waals surface area contributed by atoms with Crippen LogP contribution in [0.2, 0.25) is 0 Å². The summed E-state index contributed by atoms with van der Waals surface area (Å²) in [6.07, 6.45) is 0.512. The molecule has 1 aromatic rings. The number of hydrogen-bond donors (Lipinski definition) is 1. The first kappa shape index (κ1) is 9.80. The van der Waals surface area contributed by atoms with Crippen molar-refractivity contribution in [2.75, 3.05) is 6.54 Å². The van der Waals surface area contributed by atoms with Gasteiger partial charge in [0.05, 0.1) is 5.92 Å². The van der Waals surface area contributed by atoms with Crippen LogP contribution < -0.4 is 5.73 Å². The van der Waals surface area contributed by atoms with E-state index in [1.807, 2.05) is 0 Å². The molecule has 70 valence electrons. The van der Waals surface area contributed by atoms with Gasteiger partial charge in [-0.3, -0.25) is 0 Å². The topological polar surface area (TPSA) is 43.1 Å². The van der Waals surface area contributed by atoms with E-state index in [0.29, 0.717) is 6.29 Å². The van der Waals surface area contributed by atoms with Crippen molar-refractivity contribution in [3.8, 4) is 0 Å². The maximum atomic E-state index is 13.0. The summed E-state index contributed by atoms with van der Waals surface area (Å²) < 4.78 is 25.7. The van der Waals surface area contributed by atoms with Crippen molar-refractivity contribution in [1.29, 1.82) is 0 Å².